The van der Waals surface area contributed by atoms with Crippen LogP contribution >= 0.6 is 0 Å². The molecular weight excluding hydrogens is 271 g/mol. The summed E-state index contributed by atoms with van der Waals surface area (Å²) >= 11 is 0. The first kappa shape index (κ1) is 13.5. The summed E-state index contributed by atoms with van der Waals surface area (Å²) in [5.41, 5.74) is 1.66. The number of H-pyrrole nitrogens is 1. The van der Waals surface area contributed by atoms with E-state index in [9.17, 15) is 14.0 Å². The third-order valence-corrected chi connectivity index (χ3v) is 3.69. The van der Waals surface area contributed by atoms with E-state index < -0.39 is 11.7 Å². The second-order valence-electron chi connectivity index (χ2n) is 5.12. The number of carbonyl (C=O) groups is 2. The van der Waals surface area contributed by atoms with Crippen LogP contribution in [-0.4, -0.2) is 16.7 Å². The predicted molar refractivity (Wildman–Crippen MR) is 77.0 cm³/mol. The van der Waals surface area contributed by atoms with Gasteiger partial charge in [-0.1, -0.05) is 12.1 Å². The van der Waals surface area contributed by atoms with Gasteiger partial charge in [0.15, 0.2) is 5.78 Å². The molecule has 0 atom stereocenters. The Hall–Kier alpha value is -2.43. The third-order valence-electron chi connectivity index (χ3n) is 3.69. The molecule has 1 heterocycles. The fraction of sp³-hybridized carbons (Fsp3) is 0.250. The second kappa shape index (κ2) is 5.52. The molecule has 0 unspecified atom stereocenters. The van der Waals surface area contributed by atoms with Crippen LogP contribution in [0.15, 0.2) is 30.5 Å². The first-order valence-corrected chi connectivity index (χ1v) is 6.96. The van der Waals surface area contributed by atoms with Crippen molar-refractivity contribution in [3.63, 3.8) is 0 Å². The van der Waals surface area contributed by atoms with Crippen molar-refractivity contribution in [1.29, 1.82) is 0 Å². The number of amides is 1. The molecule has 0 spiro atoms. The largest absolute Gasteiger partial charge is 0.364 e. The van der Waals surface area contributed by atoms with Crippen molar-refractivity contribution in [3.05, 3.63) is 53.1 Å². The van der Waals surface area contributed by atoms with Crippen molar-refractivity contribution in [1.82, 2.24) is 4.98 Å². The molecule has 0 saturated heterocycles. The zero-order valence-corrected chi connectivity index (χ0v) is 11.4. The Kier molecular flexibility index (Phi) is 3.56. The number of anilines is 1. The van der Waals surface area contributed by atoms with Gasteiger partial charge in [-0.25, -0.2) is 4.39 Å². The zero-order chi connectivity index (χ0) is 14.8. The standard InChI is InChI=1S/C16H15FN2O2/c17-11-5-1-2-6-12(11)19-16(21)10-9-18-13-7-3-4-8-14(20)15(10)13/h1-2,5-6,9,18H,3-4,7-8H2,(H,19,21). The minimum Gasteiger partial charge on any atom is -0.364 e. The molecule has 4 nitrogen and oxygen atoms in total. The smallest absolute Gasteiger partial charge is 0.258 e. The number of carbonyl (C=O) groups excluding carboxylic acids is 2. The van der Waals surface area contributed by atoms with E-state index in [1.165, 1.54) is 18.3 Å². The summed E-state index contributed by atoms with van der Waals surface area (Å²) in [5, 5.41) is 2.52. The average Bonchev–Trinajstić information content (AvgIpc) is 2.81. The Morgan fingerprint density at radius 1 is 1.19 bits per heavy atom. The number of Topliss-reactive ketones (excluding diaryl/α,β-unsaturated/α-hetero) is 1. The molecular formula is C16H15FN2O2. The number of fused-ring (bicyclic) bond motifs is 1. The number of halogens is 1. The summed E-state index contributed by atoms with van der Waals surface area (Å²) in [7, 11) is 0. The number of benzene rings is 1. The van der Waals surface area contributed by atoms with Gasteiger partial charge in [0.1, 0.15) is 5.82 Å². The maximum atomic E-state index is 13.6. The fourth-order valence-electron chi connectivity index (χ4n) is 2.63. The summed E-state index contributed by atoms with van der Waals surface area (Å²) in [6, 6.07) is 5.96. The van der Waals surface area contributed by atoms with Gasteiger partial charge in [-0.2, -0.15) is 0 Å². The molecule has 0 fully saturated rings. The molecule has 108 valence electrons. The van der Waals surface area contributed by atoms with Gasteiger partial charge >= 0.3 is 0 Å². The van der Waals surface area contributed by atoms with Crippen molar-refractivity contribution in [3.8, 4) is 0 Å². The highest BCUT2D eigenvalue weighted by Gasteiger charge is 2.24. The van der Waals surface area contributed by atoms with Crippen LogP contribution in [0, 0.1) is 5.82 Å². The lowest BCUT2D eigenvalue weighted by atomic mass is 10.0. The maximum absolute atomic E-state index is 13.6. The number of nitrogens with one attached hydrogen (secondary N) is 2. The number of para-hydroxylation sites is 1. The third kappa shape index (κ3) is 2.59. The Morgan fingerprint density at radius 2 is 1.95 bits per heavy atom. The number of aryl methyl sites for hydroxylation is 1. The molecule has 1 amide bonds. The molecule has 3 rings (SSSR count). The van der Waals surface area contributed by atoms with Crippen molar-refractivity contribution in [2.24, 2.45) is 0 Å². The topological polar surface area (TPSA) is 62.0 Å². The number of rotatable bonds is 2. The van der Waals surface area contributed by atoms with Crippen molar-refractivity contribution >= 4 is 17.4 Å². The lowest BCUT2D eigenvalue weighted by molar-refractivity contribution is 0.0965. The van der Waals surface area contributed by atoms with Crippen LogP contribution in [-0.2, 0) is 6.42 Å². The highest BCUT2D eigenvalue weighted by molar-refractivity contribution is 6.13. The van der Waals surface area contributed by atoms with Gasteiger partial charge in [0.05, 0.1) is 16.8 Å². The molecule has 1 aliphatic carbocycles. The minimum atomic E-state index is -0.501. The van der Waals surface area contributed by atoms with E-state index in [2.05, 4.69) is 10.3 Å². The van der Waals surface area contributed by atoms with Crippen LogP contribution in [0.3, 0.4) is 0 Å². The van der Waals surface area contributed by atoms with Crippen molar-refractivity contribution in [2.75, 3.05) is 5.32 Å². The number of hydrogen-bond donors (Lipinski definition) is 2. The summed E-state index contributed by atoms with van der Waals surface area (Å²) in [6.07, 6.45) is 4.49. The predicted octanol–water partition coefficient (Wildman–Crippen LogP) is 3.32. The van der Waals surface area contributed by atoms with E-state index in [1.54, 1.807) is 12.1 Å². The quantitative estimate of drug-likeness (QED) is 0.832. The molecule has 2 aromatic rings. The normalized spacial score (nSPS) is 14.4. The van der Waals surface area contributed by atoms with Crippen LogP contribution in [0.4, 0.5) is 10.1 Å². The number of ketones is 1. The summed E-state index contributed by atoms with van der Waals surface area (Å²) in [6.45, 7) is 0. The first-order valence-electron chi connectivity index (χ1n) is 6.96. The lowest BCUT2D eigenvalue weighted by Gasteiger charge is -2.06. The summed E-state index contributed by atoms with van der Waals surface area (Å²) < 4.78 is 13.6. The highest BCUT2D eigenvalue weighted by atomic mass is 19.1. The summed E-state index contributed by atoms with van der Waals surface area (Å²) in [4.78, 5) is 27.4. The molecule has 0 bridgehead atoms. The van der Waals surface area contributed by atoms with Gasteiger partial charge in [-0.15, -0.1) is 0 Å². The monoisotopic (exact) mass is 286 g/mol. The number of aromatic amines is 1. The number of aromatic nitrogens is 1. The first-order chi connectivity index (χ1) is 10.2. The maximum Gasteiger partial charge on any atom is 0.258 e. The van der Waals surface area contributed by atoms with E-state index in [0.717, 1.165) is 25.0 Å². The van der Waals surface area contributed by atoms with Crippen LogP contribution in [0.1, 0.15) is 45.7 Å². The molecule has 0 radical (unpaired) electrons. The van der Waals surface area contributed by atoms with E-state index in [1.807, 2.05) is 0 Å². The van der Waals surface area contributed by atoms with Crippen LogP contribution in [0.5, 0.6) is 0 Å². The Labute approximate surface area is 121 Å². The molecule has 1 aliphatic rings. The molecule has 21 heavy (non-hydrogen) atoms. The van der Waals surface area contributed by atoms with E-state index in [0.29, 0.717) is 17.5 Å². The van der Waals surface area contributed by atoms with E-state index >= 15 is 0 Å². The van der Waals surface area contributed by atoms with Crippen molar-refractivity contribution < 1.29 is 14.0 Å². The summed E-state index contributed by atoms with van der Waals surface area (Å²) in [5.74, 6) is -0.992. The van der Waals surface area contributed by atoms with Gasteiger partial charge < -0.3 is 10.3 Å². The van der Waals surface area contributed by atoms with Crippen molar-refractivity contribution in [2.45, 2.75) is 25.7 Å². The van der Waals surface area contributed by atoms with Crippen LogP contribution < -0.4 is 5.32 Å². The Morgan fingerprint density at radius 3 is 2.76 bits per heavy atom. The Bertz CT molecular complexity index is 706. The van der Waals surface area contributed by atoms with Gasteiger partial charge in [0.2, 0.25) is 0 Å². The highest BCUT2D eigenvalue weighted by Crippen LogP contribution is 2.24. The SMILES string of the molecule is O=C(Nc1ccccc1F)c1c[nH]c2c1C(=O)CCCC2. The average molecular weight is 286 g/mol. The van der Waals surface area contributed by atoms with Gasteiger partial charge in [0.25, 0.3) is 5.91 Å². The van der Waals surface area contributed by atoms with Crippen LogP contribution in [0.2, 0.25) is 0 Å². The van der Waals surface area contributed by atoms with E-state index in [-0.39, 0.29) is 11.5 Å². The lowest BCUT2D eigenvalue weighted by Crippen LogP contribution is -2.16. The molecule has 1 aromatic carbocycles. The van der Waals surface area contributed by atoms with Gasteiger partial charge in [-0.3, -0.25) is 9.59 Å². The molecule has 0 aliphatic heterocycles. The van der Waals surface area contributed by atoms with Crippen LogP contribution in [0.25, 0.3) is 0 Å². The zero-order valence-electron chi connectivity index (χ0n) is 11.4. The van der Waals surface area contributed by atoms with E-state index in [4.69, 9.17) is 0 Å². The second-order valence-corrected chi connectivity index (χ2v) is 5.12. The molecule has 0 saturated carbocycles. The van der Waals surface area contributed by atoms with Gasteiger partial charge in [0, 0.05) is 18.3 Å². The molecule has 1 aromatic heterocycles. The molecule has 5 heteroatoms. The number of hydrogen-bond acceptors (Lipinski definition) is 2. The Balaban J connectivity index is 1.91. The molecule has 2 N–H and O–H groups in total. The minimum absolute atomic E-state index is 0.0255. The van der Waals surface area contributed by atoms with Gasteiger partial charge in [-0.05, 0) is 31.4 Å². The fourth-order valence-corrected chi connectivity index (χ4v) is 2.63.